The molecule has 6 nitrogen and oxygen atoms in total. The minimum atomic E-state index is -0.915. The number of aliphatic carboxylic acids is 1. The van der Waals surface area contributed by atoms with Gasteiger partial charge in [0, 0.05) is 14.1 Å². The summed E-state index contributed by atoms with van der Waals surface area (Å²) < 4.78 is 0. The Morgan fingerprint density at radius 3 is 2.28 bits per heavy atom. The number of nitrogens with zero attached hydrogens (tertiary/aromatic N) is 1. The van der Waals surface area contributed by atoms with Crippen LogP contribution in [-0.2, 0) is 14.4 Å². The summed E-state index contributed by atoms with van der Waals surface area (Å²) in [5, 5.41) is 11.6. The summed E-state index contributed by atoms with van der Waals surface area (Å²) in [5.74, 6) is -2.52. The fraction of sp³-hybridized carbons (Fsp3) is 0.750. The van der Waals surface area contributed by atoms with Gasteiger partial charge in [0.2, 0.25) is 11.8 Å². The molecule has 1 fully saturated rings. The summed E-state index contributed by atoms with van der Waals surface area (Å²) in [5.41, 5.74) is 0. The summed E-state index contributed by atoms with van der Waals surface area (Å²) in [6.07, 6.45) is 2.85. The number of amides is 2. The molecule has 0 aromatic rings. The number of nitrogens with one attached hydrogen (secondary N) is 1. The van der Waals surface area contributed by atoms with Crippen LogP contribution in [0.5, 0.6) is 0 Å². The van der Waals surface area contributed by atoms with Crippen molar-refractivity contribution in [3.63, 3.8) is 0 Å². The van der Waals surface area contributed by atoms with Crippen LogP contribution in [0.2, 0.25) is 0 Å². The fourth-order valence-electron chi connectivity index (χ4n) is 2.38. The van der Waals surface area contributed by atoms with Gasteiger partial charge in [0.25, 0.3) is 0 Å². The Bertz CT molecular complexity index is 343. The Labute approximate surface area is 106 Å². The zero-order valence-corrected chi connectivity index (χ0v) is 10.8. The van der Waals surface area contributed by atoms with E-state index in [9.17, 15) is 14.4 Å². The molecular formula is C12H20N2O4. The minimum Gasteiger partial charge on any atom is -0.481 e. The highest BCUT2D eigenvalue weighted by molar-refractivity contribution is 5.88. The second-order valence-electron chi connectivity index (χ2n) is 4.70. The molecule has 2 atom stereocenters. The van der Waals surface area contributed by atoms with E-state index in [-0.39, 0.29) is 18.4 Å². The average molecular weight is 256 g/mol. The van der Waals surface area contributed by atoms with Gasteiger partial charge < -0.3 is 15.3 Å². The Kier molecular flexibility index (Phi) is 5.12. The number of carbonyl (C=O) groups is 3. The van der Waals surface area contributed by atoms with Gasteiger partial charge in [-0.1, -0.05) is 12.8 Å². The zero-order chi connectivity index (χ0) is 13.7. The molecule has 0 saturated heterocycles. The first-order chi connectivity index (χ1) is 8.47. The Morgan fingerprint density at radius 1 is 1.22 bits per heavy atom. The summed E-state index contributed by atoms with van der Waals surface area (Å²) in [6, 6.07) is 0. The lowest BCUT2D eigenvalue weighted by atomic mass is 9.78. The van der Waals surface area contributed by atoms with E-state index in [0.29, 0.717) is 12.8 Å². The molecule has 102 valence electrons. The summed E-state index contributed by atoms with van der Waals surface area (Å²) in [4.78, 5) is 35.8. The summed E-state index contributed by atoms with van der Waals surface area (Å²) in [6.45, 7) is -0.0296. The van der Waals surface area contributed by atoms with Crippen molar-refractivity contribution >= 4 is 17.8 Å². The van der Waals surface area contributed by atoms with Gasteiger partial charge in [-0.25, -0.2) is 0 Å². The van der Waals surface area contributed by atoms with Crippen molar-refractivity contribution in [2.75, 3.05) is 20.6 Å². The highest BCUT2D eigenvalue weighted by atomic mass is 16.4. The van der Waals surface area contributed by atoms with Crippen molar-refractivity contribution in [1.29, 1.82) is 0 Å². The maximum atomic E-state index is 12.1. The van der Waals surface area contributed by atoms with E-state index in [1.807, 2.05) is 0 Å². The molecule has 0 bridgehead atoms. The molecule has 2 N–H and O–H groups in total. The van der Waals surface area contributed by atoms with Crippen molar-refractivity contribution in [3.8, 4) is 0 Å². The van der Waals surface area contributed by atoms with Crippen LogP contribution in [-0.4, -0.2) is 48.4 Å². The first kappa shape index (κ1) is 14.5. The van der Waals surface area contributed by atoms with Gasteiger partial charge in [-0.2, -0.15) is 0 Å². The molecule has 0 spiro atoms. The van der Waals surface area contributed by atoms with Crippen LogP contribution in [0.1, 0.15) is 25.7 Å². The molecular weight excluding hydrogens is 236 g/mol. The van der Waals surface area contributed by atoms with E-state index >= 15 is 0 Å². The second kappa shape index (κ2) is 6.37. The lowest BCUT2D eigenvalue weighted by molar-refractivity contribution is -0.152. The van der Waals surface area contributed by atoms with E-state index in [0.717, 1.165) is 12.8 Å². The standard InChI is InChI=1S/C12H20N2O4/c1-13-10(15)7-14(2)11(16)8-5-3-4-6-9(8)12(17)18/h8-9H,3-7H2,1-2H3,(H,13,15)(H,17,18)/t8-,9+/m1/s1. The Balaban J connectivity index is 2.68. The molecule has 1 saturated carbocycles. The first-order valence-electron chi connectivity index (χ1n) is 6.15. The third-order valence-corrected chi connectivity index (χ3v) is 3.44. The van der Waals surface area contributed by atoms with Crippen LogP contribution in [0.25, 0.3) is 0 Å². The van der Waals surface area contributed by atoms with E-state index in [2.05, 4.69) is 5.32 Å². The number of carboxylic acids is 1. The van der Waals surface area contributed by atoms with Gasteiger partial charge in [-0.15, -0.1) is 0 Å². The van der Waals surface area contributed by atoms with Crippen LogP contribution in [0.15, 0.2) is 0 Å². The molecule has 0 radical (unpaired) electrons. The average Bonchev–Trinajstić information content (AvgIpc) is 2.37. The van der Waals surface area contributed by atoms with Gasteiger partial charge in [0.05, 0.1) is 18.4 Å². The molecule has 0 unspecified atom stereocenters. The molecule has 1 aliphatic rings. The van der Waals surface area contributed by atoms with E-state index < -0.39 is 17.8 Å². The van der Waals surface area contributed by atoms with Gasteiger partial charge in [-0.05, 0) is 12.8 Å². The van der Waals surface area contributed by atoms with Gasteiger partial charge in [-0.3, -0.25) is 14.4 Å². The molecule has 1 rings (SSSR count). The number of carboxylic acid groups (broad SMARTS) is 1. The van der Waals surface area contributed by atoms with Gasteiger partial charge in [0.15, 0.2) is 0 Å². The number of hydrogen-bond donors (Lipinski definition) is 2. The third kappa shape index (κ3) is 3.45. The van der Waals surface area contributed by atoms with Crippen LogP contribution in [0.4, 0.5) is 0 Å². The highest BCUT2D eigenvalue weighted by Crippen LogP contribution is 2.31. The zero-order valence-electron chi connectivity index (χ0n) is 10.8. The number of carbonyl (C=O) groups excluding carboxylic acids is 2. The van der Waals surface area contributed by atoms with Crippen LogP contribution in [0.3, 0.4) is 0 Å². The van der Waals surface area contributed by atoms with Gasteiger partial charge in [0.1, 0.15) is 0 Å². The smallest absolute Gasteiger partial charge is 0.307 e. The quantitative estimate of drug-likeness (QED) is 0.746. The van der Waals surface area contributed by atoms with Crippen molar-refractivity contribution in [2.24, 2.45) is 11.8 Å². The Hall–Kier alpha value is -1.59. The molecule has 0 aliphatic heterocycles. The predicted molar refractivity (Wildman–Crippen MR) is 64.8 cm³/mol. The first-order valence-corrected chi connectivity index (χ1v) is 6.15. The van der Waals surface area contributed by atoms with Crippen LogP contribution >= 0.6 is 0 Å². The summed E-state index contributed by atoms with van der Waals surface area (Å²) in [7, 11) is 3.03. The van der Waals surface area contributed by atoms with Crippen molar-refractivity contribution < 1.29 is 19.5 Å². The molecule has 2 amide bonds. The maximum absolute atomic E-state index is 12.1. The minimum absolute atomic E-state index is 0.0296. The molecule has 0 aromatic carbocycles. The van der Waals surface area contributed by atoms with E-state index in [1.165, 1.54) is 19.0 Å². The van der Waals surface area contributed by atoms with Crippen molar-refractivity contribution in [1.82, 2.24) is 10.2 Å². The maximum Gasteiger partial charge on any atom is 0.307 e. The van der Waals surface area contributed by atoms with E-state index in [1.54, 1.807) is 0 Å². The predicted octanol–water partition coefficient (Wildman–Crippen LogP) is 0.0818. The monoisotopic (exact) mass is 256 g/mol. The SMILES string of the molecule is CNC(=O)CN(C)C(=O)[C@@H]1CCCC[C@@H]1C(=O)O. The number of likely N-dealkylation sites (N-methyl/N-ethyl adjacent to an activating group) is 2. The second-order valence-corrected chi connectivity index (χ2v) is 4.70. The number of rotatable bonds is 4. The van der Waals surface area contributed by atoms with E-state index in [4.69, 9.17) is 5.11 Å². The molecule has 0 aromatic heterocycles. The van der Waals surface area contributed by atoms with Crippen LogP contribution in [0, 0.1) is 11.8 Å². The lowest BCUT2D eigenvalue weighted by Crippen LogP contribution is -2.44. The largest absolute Gasteiger partial charge is 0.481 e. The highest BCUT2D eigenvalue weighted by Gasteiger charge is 2.37. The molecule has 1 aliphatic carbocycles. The summed E-state index contributed by atoms with van der Waals surface area (Å²) >= 11 is 0. The Morgan fingerprint density at radius 2 is 1.78 bits per heavy atom. The normalized spacial score (nSPS) is 23.2. The molecule has 0 heterocycles. The van der Waals surface area contributed by atoms with Crippen molar-refractivity contribution in [3.05, 3.63) is 0 Å². The third-order valence-electron chi connectivity index (χ3n) is 3.44. The van der Waals surface area contributed by atoms with Crippen LogP contribution < -0.4 is 5.32 Å². The van der Waals surface area contributed by atoms with Crippen molar-refractivity contribution in [2.45, 2.75) is 25.7 Å². The lowest BCUT2D eigenvalue weighted by Gasteiger charge is -2.30. The molecule has 6 heteroatoms. The van der Waals surface area contributed by atoms with Gasteiger partial charge >= 0.3 is 5.97 Å². The fourth-order valence-corrected chi connectivity index (χ4v) is 2.38. The number of hydrogen-bond acceptors (Lipinski definition) is 3. The topological polar surface area (TPSA) is 86.7 Å². The molecule has 18 heavy (non-hydrogen) atoms.